The summed E-state index contributed by atoms with van der Waals surface area (Å²) < 4.78 is 11.9. The van der Waals surface area contributed by atoms with Crippen LogP contribution in [0.3, 0.4) is 0 Å². The van der Waals surface area contributed by atoms with Crippen molar-refractivity contribution in [1.29, 1.82) is 0 Å². The molecule has 25 heavy (non-hydrogen) atoms. The van der Waals surface area contributed by atoms with Gasteiger partial charge in [0.2, 0.25) is 11.8 Å². The molecule has 0 spiro atoms. The molecule has 0 radical (unpaired) electrons. The van der Waals surface area contributed by atoms with Crippen molar-refractivity contribution in [2.75, 3.05) is 13.2 Å². The molecule has 0 aromatic rings. The van der Waals surface area contributed by atoms with Crippen LogP contribution in [0.15, 0.2) is 0 Å². The molecule has 1 fully saturated rings. The highest BCUT2D eigenvalue weighted by Crippen LogP contribution is 2.34. The number of hydrogen-bond donors (Lipinski definition) is 3. The third kappa shape index (κ3) is 6.92. The molecule has 7 heteroatoms. The Morgan fingerprint density at radius 3 is 2.28 bits per heavy atom. The highest BCUT2D eigenvalue weighted by molar-refractivity contribution is 5.81. The summed E-state index contributed by atoms with van der Waals surface area (Å²) in [6.07, 6.45) is 0.393. The van der Waals surface area contributed by atoms with Crippen molar-refractivity contribution in [1.82, 2.24) is 10.6 Å². The van der Waals surface area contributed by atoms with Crippen molar-refractivity contribution in [2.45, 2.75) is 90.2 Å². The largest absolute Gasteiger partial charge is 0.370 e. The zero-order valence-corrected chi connectivity index (χ0v) is 16.7. The first-order valence-corrected chi connectivity index (χ1v) is 8.89. The van der Waals surface area contributed by atoms with Crippen molar-refractivity contribution < 1.29 is 19.1 Å². The lowest BCUT2D eigenvalue weighted by Gasteiger charge is -2.48. The van der Waals surface area contributed by atoms with Crippen molar-refractivity contribution in [3.05, 3.63) is 0 Å². The van der Waals surface area contributed by atoms with Gasteiger partial charge in [0.25, 0.3) is 0 Å². The van der Waals surface area contributed by atoms with E-state index in [2.05, 4.69) is 10.6 Å². The van der Waals surface area contributed by atoms with Crippen LogP contribution in [0, 0.1) is 0 Å². The van der Waals surface area contributed by atoms with E-state index in [-0.39, 0.29) is 29.6 Å². The zero-order valence-electron chi connectivity index (χ0n) is 16.7. The average molecular weight is 357 g/mol. The van der Waals surface area contributed by atoms with Crippen LogP contribution >= 0.6 is 0 Å². The van der Waals surface area contributed by atoms with Crippen LogP contribution in [0.4, 0.5) is 0 Å². The molecule has 4 N–H and O–H groups in total. The molecule has 2 atom stereocenters. The number of nitrogens with one attached hydrogen (secondary N) is 2. The minimum Gasteiger partial charge on any atom is -0.370 e. The van der Waals surface area contributed by atoms with E-state index in [1.807, 2.05) is 48.5 Å². The number of rotatable bonds is 7. The van der Waals surface area contributed by atoms with Gasteiger partial charge in [-0.15, -0.1) is 0 Å². The molecular formula is C18H35N3O4. The third-order valence-electron chi connectivity index (χ3n) is 4.68. The molecule has 1 aliphatic rings. The van der Waals surface area contributed by atoms with Gasteiger partial charge in [0, 0.05) is 18.5 Å². The van der Waals surface area contributed by atoms with E-state index in [1.54, 1.807) is 0 Å². The molecule has 7 nitrogen and oxygen atoms in total. The standard InChI is InChI=1S/C18H35N3O4/c1-16(2,3)21-13(15(19)23)8-9-14(22)20-10-12-11-24-17(4,5)18(6,7)25-12/h12-13,21H,8-11H2,1-7H3,(H2,19,23)(H,20,22). The van der Waals surface area contributed by atoms with E-state index in [0.717, 1.165) is 0 Å². The summed E-state index contributed by atoms with van der Waals surface area (Å²) >= 11 is 0. The predicted molar refractivity (Wildman–Crippen MR) is 97.1 cm³/mol. The number of primary amides is 1. The maximum atomic E-state index is 12.1. The molecule has 0 saturated carbocycles. The Morgan fingerprint density at radius 2 is 1.80 bits per heavy atom. The Hall–Kier alpha value is -1.18. The monoisotopic (exact) mass is 357 g/mol. The Balaban J connectivity index is 2.41. The summed E-state index contributed by atoms with van der Waals surface area (Å²) in [6, 6.07) is -0.528. The fourth-order valence-electron chi connectivity index (χ4n) is 2.57. The molecule has 2 unspecified atom stereocenters. The van der Waals surface area contributed by atoms with Gasteiger partial charge >= 0.3 is 0 Å². The summed E-state index contributed by atoms with van der Waals surface area (Å²) in [7, 11) is 0. The Morgan fingerprint density at radius 1 is 1.20 bits per heavy atom. The molecular weight excluding hydrogens is 322 g/mol. The zero-order chi connectivity index (χ0) is 19.5. The van der Waals surface area contributed by atoms with Gasteiger partial charge in [-0.2, -0.15) is 0 Å². The normalized spacial score (nSPS) is 23.7. The molecule has 2 amide bonds. The quantitative estimate of drug-likeness (QED) is 0.633. The van der Waals surface area contributed by atoms with Crippen LogP contribution in [0.5, 0.6) is 0 Å². The van der Waals surface area contributed by atoms with Gasteiger partial charge in [0.05, 0.1) is 30.0 Å². The topological polar surface area (TPSA) is 103 Å². The highest BCUT2D eigenvalue weighted by atomic mass is 16.6. The van der Waals surface area contributed by atoms with Crippen LogP contribution < -0.4 is 16.4 Å². The molecule has 146 valence electrons. The lowest BCUT2D eigenvalue weighted by Crippen LogP contribution is -2.58. The van der Waals surface area contributed by atoms with E-state index in [1.165, 1.54) is 0 Å². The van der Waals surface area contributed by atoms with Crippen molar-refractivity contribution >= 4 is 11.8 Å². The van der Waals surface area contributed by atoms with Crippen LogP contribution in [0.2, 0.25) is 0 Å². The SMILES string of the molecule is CC(C)(C)NC(CCC(=O)NCC1COC(C)(C)C(C)(C)O1)C(N)=O. The maximum Gasteiger partial charge on any atom is 0.234 e. The molecule has 0 aromatic carbocycles. The van der Waals surface area contributed by atoms with Crippen LogP contribution in [-0.4, -0.2) is 53.9 Å². The summed E-state index contributed by atoms with van der Waals surface area (Å²) in [5.41, 5.74) is 4.35. The van der Waals surface area contributed by atoms with Gasteiger partial charge in [0.1, 0.15) is 0 Å². The molecule has 1 aliphatic heterocycles. The Kier molecular flexibility index (Phi) is 7.01. The Bertz CT molecular complexity index is 483. The minimum absolute atomic E-state index is 0.131. The molecule has 1 saturated heterocycles. The van der Waals surface area contributed by atoms with Crippen molar-refractivity contribution in [3.63, 3.8) is 0 Å². The van der Waals surface area contributed by atoms with Gasteiger partial charge in [-0.05, 0) is 54.9 Å². The Labute approximate surface area is 151 Å². The van der Waals surface area contributed by atoms with Gasteiger partial charge in [-0.3, -0.25) is 9.59 Å². The van der Waals surface area contributed by atoms with Crippen LogP contribution in [0.25, 0.3) is 0 Å². The lowest BCUT2D eigenvalue weighted by molar-refractivity contribution is -0.260. The second-order valence-electron chi connectivity index (χ2n) is 8.76. The fourth-order valence-corrected chi connectivity index (χ4v) is 2.57. The number of carbonyl (C=O) groups excluding carboxylic acids is 2. The fraction of sp³-hybridized carbons (Fsp3) is 0.889. The van der Waals surface area contributed by atoms with Crippen molar-refractivity contribution in [2.24, 2.45) is 5.73 Å². The summed E-state index contributed by atoms with van der Waals surface area (Å²) in [5.74, 6) is -0.580. The van der Waals surface area contributed by atoms with E-state index in [4.69, 9.17) is 15.2 Å². The van der Waals surface area contributed by atoms with Gasteiger partial charge in [0.15, 0.2) is 0 Å². The first-order valence-electron chi connectivity index (χ1n) is 8.89. The first-order chi connectivity index (χ1) is 11.2. The highest BCUT2D eigenvalue weighted by Gasteiger charge is 2.45. The van der Waals surface area contributed by atoms with Gasteiger partial charge in [-0.1, -0.05) is 0 Å². The summed E-state index contributed by atoms with van der Waals surface area (Å²) in [5, 5.41) is 5.99. The maximum absolute atomic E-state index is 12.1. The molecule has 1 rings (SSSR count). The molecule has 0 aromatic heterocycles. The van der Waals surface area contributed by atoms with E-state index >= 15 is 0 Å². The number of carbonyl (C=O) groups is 2. The summed E-state index contributed by atoms with van der Waals surface area (Å²) in [6.45, 7) is 14.6. The molecule has 0 aliphatic carbocycles. The second kappa shape index (κ2) is 8.01. The van der Waals surface area contributed by atoms with E-state index in [0.29, 0.717) is 19.6 Å². The van der Waals surface area contributed by atoms with Gasteiger partial charge in [-0.25, -0.2) is 0 Å². The van der Waals surface area contributed by atoms with E-state index in [9.17, 15) is 9.59 Å². The molecule has 1 heterocycles. The predicted octanol–water partition coefficient (Wildman–Crippen LogP) is 1.10. The van der Waals surface area contributed by atoms with Crippen LogP contribution in [0.1, 0.15) is 61.3 Å². The van der Waals surface area contributed by atoms with Crippen molar-refractivity contribution in [3.8, 4) is 0 Å². The number of nitrogens with two attached hydrogens (primary N) is 1. The first kappa shape index (κ1) is 21.9. The number of amides is 2. The minimum atomic E-state index is -0.528. The number of ether oxygens (including phenoxy) is 2. The van der Waals surface area contributed by atoms with E-state index < -0.39 is 17.6 Å². The smallest absolute Gasteiger partial charge is 0.234 e. The van der Waals surface area contributed by atoms with Crippen LogP contribution in [-0.2, 0) is 19.1 Å². The third-order valence-corrected chi connectivity index (χ3v) is 4.68. The van der Waals surface area contributed by atoms with Gasteiger partial charge < -0.3 is 25.8 Å². The molecule has 0 bridgehead atoms. The number of hydrogen-bond acceptors (Lipinski definition) is 5. The second-order valence-corrected chi connectivity index (χ2v) is 8.76. The summed E-state index contributed by atoms with van der Waals surface area (Å²) in [4.78, 5) is 23.6. The lowest BCUT2D eigenvalue weighted by atomic mass is 9.87. The average Bonchev–Trinajstić information content (AvgIpc) is 2.43.